The van der Waals surface area contributed by atoms with Crippen molar-refractivity contribution < 1.29 is 9.47 Å². The third kappa shape index (κ3) is 5.15. The molecule has 24 heavy (non-hydrogen) atoms. The Hall–Kier alpha value is -0.200. The van der Waals surface area contributed by atoms with E-state index in [9.17, 15) is 0 Å². The van der Waals surface area contributed by atoms with Gasteiger partial charge in [0.1, 0.15) is 0 Å². The van der Waals surface area contributed by atoms with E-state index in [1.165, 1.54) is 18.5 Å². The van der Waals surface area contributed by atoms with Crippen LogP contribution in [0.15, 0.2) is 0 Å². The molecule has 0 unspecified atom stereocenters. The lowest BCUT2D eigenvalue weighted by Gasteiger charge is -2.08. The fourth-order valence-electron chi connectivity index (χ4n) is 2.41. The molecule has 8 heteroatoms. The number of rotatable bonds is 9. The standard InChI is InChI=1S/C16H24I2N4O2/c1-11-15(17)13(3)21(19-11)5-7-23-9-10-24-8-6-22-14(4)16(18)12(2)20-22/h5-10H2,1-4H3. The fourth-order valence-corrected chi connectivity index (χ4v) is 3.18. The van der Waals surface area contributed by atoms with Crippen LogP contribution in [0.3, 0.4) is 0 Å². The molecular weight excluding hydrogens is 534 g/mol. The molecule has 2 aromatic heterocycles. The lowest BCUT2D eigenvalue weighted by Crippen LogP contribution is -2.14. The van der Waals surface area contributed by atoms with E-state index in [0.717, 1.165) is 24.5 Å². The number of hydrogen-bond donors (Lipinski definition) is 0. The second kappa shape index (κ2) is 9.48. The fraction of sp³-hybridized carbons (Fsp3) is 0.625. The van der Waals surface area contributed by atoms with Gasteiger partial charge in [0.15, 0.2) is 0 Å². The Morgan fingerprint density at radius 3 is 1.38 bits per heavy atom. The Bertz CT molecular complexity index is 624. The molecule has 2 rings (SSSR count). The molecule has 0 bridgehead atoms. The Morgan fingerprint density at radius 1 is 0.708 bits per heavy atom. The van der Waals surface area contributed by atoms with Crippen LogP contribution in [0.2, 0.25) is 0 Å². The Labute approximate surface area is 170 Å². The van der Waals surface area contributed by atoms with E-state index in [2.05, 4.69) is 69.2 Å². The van der Waals surface area contributed by atoms with Crippen molar-refractivity contribution in [1.29, 1.82) is 0 Å². The van der Waals surface area contributed by atoms with Crippen LogP contribution in [0, 0.1) is 34.8 Å². The van der Waals surface area contributed by atoms with Gasteiger partial charge in [-0.05, 0) is 72.9 Å². The summed E-state index contributed by atoms with van der Waals surface area (Å²) in [5.41, 5.74) is 4.56. The second-order valence-corrected chi connectivity index (χ2v) is 7.80. The molecule has 0 saturated carbocycles. The highest BCUT2D eigenvalue weighted by Gasteiger charge is 2.08. The summed E-state index contributed by atoms with van der Waals surface area (Å²) in [5.74, 6) is 0. The largest absolute Gasteiger partial charge is 0.377 e. The first kappa shape index (κ1) is 20.1. The van der Waals surface area contributed by atoms with E-state index in [4.69, 9.17) is 9.47 Å². The summed E-state index contributed by atoms with van der Waals surface area (Å²) in [6, 6.07) is 0. The zero-order valence-corrected chi connectivity index (χ0v) is 18.9. The number of aromatic nitrogens is 4. The molecular formula is C16H24I2N4O2. The monoisotopic (exact) mass is 558 g/mol. The van der Waals surface area contributed by atoms with Gasteiger partial charge < -0.3 is 9.47 Å². The third-order valence-corrected chi connectivity index (χ3v) is 6.98. The van der Waals surface area contributed by atoms with Gasteiger partial charge in [-0.15, -0.1) is 0 Å². The molecule has 0 fully saturated rings. The summed E-state index contributed by atoms with van der Waals surface area (Å²) in [7, 11) is 0. The average molecular weight is 558 g/mol. The number of halogens is 2. The maximum absolute atomic E-state index is 5.63. The van der Waals surface area contributed by atoms with Crippen molar-refractivity contribution in [1.82, 2.24) is 19.6 Å². The van der Waals surface area contributed by atoms with Crippen LogP contribution in [0.1, 0.15) is 22.8 Å². The highest BCUT2D eigenvalue weighted by atomic mass is 127. The number of aryl methyl sites for hydroxylation is 2. The van der Waals surface area contributed by atoms with Crippen LogP contribution in [0.5, 0.6) is 0 Å². The van der Waals surface area contributed by atoms with E-state index in [1.807, 2.05) is 23.2 Å². The minimum atomic E-state index is 0.602. The smallest absolute Gasteiger partial charge is 0.0730 e. The van der Waals surface area contributed by atoms with Gasteiger partial charge in [0, 0.05) is 11.4 Å². The summed E-state index contributed by atoms with van der Waals surface area (Å²) >= 11 is 4.66. The zero-order valence-electron chi connectivity index (χ0n) is 14.6. The minimum Gasteiger partial charge on any atom is -0.377 e. The third-order valence-electron chi connectivity index (χ3n) is 3.85. The first-order chi connectivity index (χ1) is 11.4. The molecule has 0 atom stereocenters. The summed E-state index contributed by atoms with van der Waals surface area (Å²) < 4.78 is 17.7. The normalized spacial score (nSPS) is 11.4. The molecule has 134 valence electrons. The topological polar surface area (TPSA) is 54.1 Å². The van der Waals surface area contributed by atoms with E-state index >= 15 is 0 Å². The zero-order chi connectivity index (χ0) is 17.7. The molecule has 6 nitrogen and oxygen atoms in total. The summed E-state index contributed by atoms with van der Waals surface area (Å²) in [4.78, 5) is 0. The molecule has 2 aromatic rings. The molecule has 0 aromatic carbocycles. The Kier molecular flexibility index (Phi) is 7.95. The first-order valence-electron chi connectivity index (χ1n) is 7.96. The lowest BCUT2D eigenvalue weighted by molar-refractivity contribution is 0.0401. The van der Waals surface area contributed by atoms with Gasteiger partial charge in [-0.2, -0.15) is 10.2 Å². The predicted molar refractivity (Wildman–Crippen MR) is 110 cm³/mol. The van der Waals surface area contributed by atoms with Crippen LogP contribution in [-0.4, -0.2) is 46.0 Å². The molecule has 2 heterocycles. The van der Waals surface area contributed by atoms with Crippen molar-refractivity contribution in [3.8, 4) is 0 Å². The average Bonchev–Trinajstić information content (AvgIpc) is 2.95. The van der Waals surface area contributed by atoms with Crippen molar-refractivity contribution in [3.05, 3.63) is 29.9 Å². The van der Waals surface area contributed by atoms with Crippen LogP contribution in [-0.2, 0) is 22.6 Å². The van der Waals surface area contributed by atoms with Crippen LogP contribution in [0.25, 0.3) is 0 Å². The van der Waals surface area contributed by atoms with Crippen LogP contribution >= 0.6 is 45.2 Å². The maximum atomic E-state index is 5.63. The molecule has 0 saturated heterocycles. The number of nitrogens with zero attached hydrogens (tertiary/aromatic N) is 4. The highest BCUT2D eigenvalue weighted by molar-refractivity contribution is 14.1. The van der Waals surface area contributed by atoms with Gasteiger partial charge in [-0.1, -0.05) is 0 Å². The van der Waals surface area contributed by atoms with Gasteiger partial charge >= 0.3 is 0 Å². The van der Waals surface area contributed by atoms with Crippen LogP contribution in [0.4, 0.5) is 0 Å². The first-order valence-corrected chi connectivity index (χ1v) is 10.1. The molecule has 0 aliphatic rings. The van der Waals surface area contributed by atoms with Gasteiger partial charge in [0.05, 0.1) is 58.0 Å². The van der Waals surface area contributed by atoms with E-state index in [1.54, 1.807) is 0 Å². The molecule has 0 amide bonds. The van der Waals surface area contributed by atoms with Crippen molar-refractivity contribution in [2.45, 2.75) is 40.8 Å². The van der Waals surface area contributed by atoms with E-state index < -0.39 is 0 Å². The van der Waals surface area contributed by atoms with Gasteiger partial charge in [-0.25, -0.2) is 0 Å². The second-order valence-electron chi connectivity index (χ2n) is 5.64. The number of hydrogen-bond acceptors (Lipinski definition) is 4. The van der Waals surface area contributed by atoms with Crippen molar-refractivity contribution in [3.63, 3.8) is 0 Å². The van der Waals surface area contributed by atoms with Crippen molar-refractivity contribution in [2.24, 2.45) is 0 Å². The molecule has 0 aliphatic heterocycles. The maximum Gasteiger partial charge on any atom is 0.0730 e. The summed E-state index contributed by atoms with van der Waals surface area (Å²) in [5, 5.41) is 8.99. The SMILES string of the molecule is Cc1nn(CCOCCOCCn2nc(C)c(I)c2C)c(C)c1I. The van der Waals surface area contributed by atoms with Gasteiger partial charge in [-0.3, -0.25) is 9.36 Å². The predicted octanol–water partition coefficient (Wildman–Crippen LogP) is 3.26. The summed E-state index contributed by atoms with van der Waals surface area (Å²) in [6.07, 6.45) is 0. The molecule has 0 aliphatic carbocycles. The molecule has 0 radical (unpaired) electrons. The summed E-state index contributed by atoms with van der Waals surface area (Å²) in [6.45, 7) is 12.3. The minimum absolute atomic E-state index is 0.602. The highest BCUT2D eigenvalue weighted by Crippen LogP contribution is 2.15. The van der Waals surface area contributed by atoms with Gasteiger partial charge in [0.25, 0.3) is 0 Å². The lowest BCUT2D eigenvalue weighted by atomic mass is 10.4. The van der Waals surface area contributed by atoms with E-state index in [-0.39, 0.29) is 0 Å². The van der Waals surface area contributed by atoms with Crippen LogP contribution < -0.4 is 0 Å². The van der Waals surface area contributed by atoms with Gasteiger partial charge in [0.2, 0.25) is 0 Å². The molecule has 0 N–H and O–H groups in total. The van der Waals surface area contributed by atoms with Crippen molar-refractivity contribution in [2.75, 3.05) is 26.4 Å². The molecule has 0 spiro atoms. The number of ether oxygens (including phenoxy) is 2. The quantitative estimate of drug-likeness (QED) is 0.351. The Balaban J connectivity index is 1.57. The Morgan fingerprint density at radius 2 is 1.08 bits per heavy atom. The van der Waals surface area contributed by atoms with Crippen molar-refractivity contribution >= 4 is 45.2 Å². The van der Waals surface area contributed by atoms with E-state index in [0.29, 0.717) is 26.4 Å².